The third-order valence-electron chi connectivity index (χ3n) is 4.22. The average molecular weight is 372 g/mol. The molecule has 7 heteroatoms. The van der Waals surface area contributed by atoms with Gasteiger partial charge in [-0.1, -0.05) is 0 Å². The number of aldehydes is 1. The number of hydrogen-bond donors (Lipinski definition) is 1. The summed E-state index contributed by atoms with van der Waals surface area (Å²) < 4.78 is 29.2. The van der Waals surface area contributed by atoms with Crippen LogP contribution in [0.3, 0.4) is 0 Å². The largest absolute Gasteiger partial charge is 0.497 e. The molecule has 0 fully saturated rings. The predicted octanol–water partition coefficient (Wildman–Crippen LogP) is 2.59. The van der Waals surface area contributed by atoms with Crippen molar-refractivity contribution in [1.82, 2.24) is 0 Å². The molecule has 140 valence electrons. The standard InChI is InChI=1S/C20H17FO6/c1-3-26-19(23)20(24)15-9-8-14(25-2)10-17(15)27-18(16(20)11-22)12-4-6-13(21)7-5-12/h4-11,24H,3H2,1-2H3/t20-/m1/s1. The zero-order valence-electron chi connectivity index (χ0n) is 14.7. The molecule has 1 atom stereocenters. The Kier molecular flexibility index (Phi) is 4.96. The maximum atomic E-state index is 13.3. The number of hydrogen-bond acceptors (Lipinski definition) is 6. The van der Waals surface area contributed by atoms with E-state index in [1.54, 1.807) is 6.92 Å². The molecule has 2 aromatic rings. The van der Waals surface area contributed by atoms with Gasteiger partial charge in [0, 0.05) is 17.2 Å². The Hall–Kier alpha value is -3.19. The molecule has 6 nitrogen and oxygen atoms in total. The highest BCUT2D eigenvalue weighted by Gasteiger charge is 2.50. The molecule has 3 rings (SSSR count). The van der Waals surface area contributed by atoms with Crippen molar-refractivity contribution in [3.05, 3.63) is 65.0 Å². The molecule has 0 saturated carbocycles. The topological polar surface area (TPSA) is 82.1 Å². The fourth-order valence-corrected chi connectivity index (χ4v) is 2.90. The van der Waals surface area contributed by atoms with Crippen molar-refractivity contribution in [3.63, 3.8) is 0 Å². The molecule has 0 radical (unpaired) electrons. The molecular weight excluding hydrogens is 355 g/mol. The van der Waals surface area contributed by atoms with Crippen LogP contribution >= 0.6 is 0 Å². The van der Waals surface area contributed by atoms with Gasteiger partial charge in [-0.3, -0.25) is 4.79 Å². The predicted molar refractivity (Wildman–Crippen MR) is 93.5 cm³/mol. The van der Waals surface area contributed by atoms with Crippen LogP contribution in [-0.2, 0) is 19.9 Å². The lowest BCUT2D eigenvalue weighted by Gasteiger charge is -2.34. The lowest BCUT2D eigenvalue weighted by atomic mass is 9.82. The second-order valence-electron chi connectivity index (χ2n) is 5.76. The highest BCUT2D eigenvalue weighted by atomic mass is 19.1. The van der Waals surface area contributed by atoms with Gasteiger partial charge in [0.2, 0.25) is 5.60 Å². The lowest BCUT2D eigenvalue weighted by Crippen LogP contribution is -2.43. The van der Waals surface area contributed by atoms with Gasteiger partial charge in [0.25, 0.3) is 0 Å². The number of halogens is 1. The van der Waals surface area contributed by atoms with Crippen LogP contribution in [0.2, 0.25) is 0 Å². The molecule has 0 spiro atoms. The molecule has 27 heavy (non-hydrogen) atoms. The third-order valence-corrected chi connectivity index (χ3v) is 4.22. The van der Waals surface area contributed by atoms with Crippen LogP contribution in [0.15, 0.2) is 48.0 Å². The molecule has 1 aliphatic rings. The number of rotatable bonds is 5. The smallest absolute Gasteiger partial charge is 0.348 e. The fraction of sp³-hybridized carbons (Fsp3) is 0.200. The Labute approximate surface area is 154 Å². The van der Waals surface area contributed by atoms with Crippen LogP contribution in [0.1, 0.15) is 18.1 Å². The zero-order chi connectivity index (χ0) is 19.6. The molecule has 0 aliphatic carbocycles. The number of fused-ring (bicyclic) bond motifs is 1. The van der Waals surface area contributed by atoms with Gasteiger partial charge < -0.3 is 19.3 Å². The zero-order valence-corrected chi connectivity index (χ0v) is 14.7. The molecule has 0 unspecified atom stereocenters. The van der Waals surface area contributed by atoms with E-state index in [0.29, 0.717) is 17.6 Å². The van der Waals surface area contributed by atoms with Crippen LogP contribution < -0.4 is 9.47 Å². The summed E-state index contributed by atoms with van der Waals surface area (Å²) in [6, 6.07) is 9.55. The lowest BCUT2D eigenvalue weighted by molar-refractivity contribution is -0.163. The van der Waals surface area contributed by atoms with Gasteiger partial charge in [-0.15, -0.1) is 0 Å². The molecule has 1 heterocycles. The van der Waals surface area contributed by atoms with Crippen molar-refractivity contribution >= 4 is 18.0 Å². The van der Waals surface area contributed by atoms with Crippen molar-refractivity contribution in [2.24, 2.45) is 0 Å². The van der Waals surface area contributed by atoms with Crippen molar-refractivity contribution in [2.45, 2.75) is 12.5 Å². The molecule has 0 bridgehead atoms. The van der Waals surface area contributed by atoms with Gasteiger partial charge in [0.15, 0.2) is 6.29 Å². The Morgan fingerprint density at radius 3 is 2.56 bits per heavy atom. The quantitative estimate of drug-likeness (QED) is 0.642. The van der Waals surface area contributed by atoms with Gasteiger partial charge in [0.1, 0.15) is 23.1 Å². The number of esters is 1. The number of methoxy groups -OCH3 is 1. The SMILES string of the molecule is CCOC(=O)[C@]1(O)C(C=O)=C(c2ccc(F)cc2)Oc2cc(OC)ccc21. The second-order valence-corrected chi connectivity index (χ2v) is 5.76. The van der Waals surface area contributed by atoms with Crippen LogP contribution in [0.5, 0.6) is 11.5 Å². The van der Waals surface area contributed by atoms with Gasteiger partial charge >= 0.3 is 5.97 Å². The van der Waals surface area contributed by atoms with E-state index in [9.17, 15) is 19.1 Å². The first-order valence-electron chi connectivity index (χ1n) is 8.17. The number of ether oxygens (including phenoxy) is 3. The first kappa shape index (κ1) is 18.6. The average Bonchev–Trinajstić information content (AvgIpc) is 2.68. The number of carbonyl (C=O) groups excluding carboxylic acids is 2. The van der Waals surface area contributed by atoms with Crippen LogP contribution in [0, 0.1) is 5.82 Å². The Balaban J connectivity index is 2.28. The van der Waals surface area contributed by atoms with Gasteiger partial charge in [-0.2, -0.15) is 0 Å². The monoisotopic (exact) mass is 372 g/mol. The summed E-state index contributed by atoms with van der Waals surface area (Å²) >= 11 is 0. The molecule has 1 N–H and O–H groups in total. The summed E-state index contributed by atoms with van der Waals surface area (Å²) in [6.07, 6.45) is 0.336. The van der Waals surface area contributed by atoms with E-state index < -0.39 is 17.4 Å². The molecular formula is C20H17FO6. The molecule has 1 aliphatic heterocycles. The molecule has 0 aromatic heterocycles. The highest BCUT2D eigenvalue weighted by molar-refractivity contribution is 6.02. The minimum absolute atomic E-state index is 0.00546. The summed E-state index contributed by atoms with van der Waals surface area (Å²) in [5.41, 5.74) is -2.34. The van der Waals surface area contributed by atoms with E-state index in [-0.39, 0.29) is 29.3 Å². The summed E-state index contributed by atoms with van der Waals surface area (Å²) in [5, 5.41) is 11.3. The van der Waals surface area contributed by atoms with Crippen molar-refractivity contribution < 1.29 is 33.3 Å². The minimum atomic E-state index is -2.37. The minimum Gasteiger partial charge on any atom is -0.497 e. The second kappa shape index (κ2) is 7.20. The van der Waals surface area contributed by atoms with Crippen LogP contribution in [0.4, 0.5) is 4.39 Å². The maximum Gasteiger partial charge on any atom is 0.348 e. The summed E-state index contributed by atoms with van der Waals surface area (Å²) in [4.78, 5) is 24.5. The van der Waals surface area contributed by atoms with Crippen molar-refractivity contribution in [3.8, 4) is 11.5 Å². The maximum absolute atomic E-state index is 13.3. The van der Waals surface area contributed by atoms with E-state index >= 15 is 0 Å². The van der Waals surface area contributed by atoms with Crippen molar-refractivity contribution in [2.75, 3.05) is 13.7 Å². The Morgan fingerprint density at radius 1 is 1.26 bits per heavy atom. The Bertz CT molecular complexity index is 919. The molecule has 2 aromatic carbocycles. The summed E-state index contributed by atoms with van der Waals surface area (Å²) in [7, 11) is 1.45. The van der Waals surface area contributed by atoms with Crippen LogP contribution in [0.25, 0.3) is 5.76 Å². The first-order valence-corrected chi connectivity index (χ1v) is 8.17. The van der Waals surface area contributed by atoms with Gasteiger partial charge in [-0.25, -0.2) is 9.18 Å². The third kappa shape index (κ3) is 3.06. The number of benzene rings is 2. The Morgan fingerprint density at radius 2 is 1.96 bits per heavy atom. The molecule has 0 saturated heterocycles. The summed E-state index contributed by atoms with van der Waals surface area (Å²) in [5.74, 6) is -1.02. The molecule has 0 amide bonds. The first-order chi connectivity index (χ1) is 12.9. The van der Waals surface area contributed by atoms with E-state index in [1.165, 1.54) is 49.6 Å². The van der Waals surface area contributed by atoms with E-state index in [0.717, 1.165) is 0 Å². The normalized spacial score (nSPS) is 18.4. The van der Waals surface area contributed by atoms with Gasteiger partial charge in [-0.05, 0) is 43.3 Å². The highest BCUT2D eigenvalue weighted by Crippen LogP contribution is 2.46. The van der Waals surface area contributed by atoms with E-state index in [1.807, 2.05) is 0 Å². The fourth-order valence-electron chi connectivity index (χ4n) is 2.90. The number of aliphatic hydroxyl groups is 1. The summed E-state index contributed by atoms with van der Waals surface area (Å²) in [6.45, 7) is 1.59. The van der Waals surface area contributed by atoms with E-state index in [4.69, 9.17) is 14.2 Å². The number of carbonyl (C=O) groups is 2. The van der Waals surface area contributed by atoms with Gasteiger partial charge in [0.05, 0.1) is 19.3 Å². The van der Waals surface area contributed by atoms with Crippen molar-refractivity contribution in [1.29, 1.82) is 0 Å². The van der Waals surface area contributed by atoms with E-state index in [2.05, 4.69) is 0 Å². The van der Waals surface area contributed by atoms with Crippen LogP contribution in [-0.4, -0.2) is 31.1 Å².